The summed E-state index contributed by atoms with van der Waals surface area (Å²) in [5.74, 6) is -0.862. The van der Waals surface area contributed by atoms with Gasteiger partial charge in [-0.25, -0.2) is 0 Å². The maximum Gasteiger partial charge on any atom is 0.291 e. The number of hydrogen-bond acceptors (Lipinski definition) is 5. The molecule has 0 saturated heterocycles. The summed E-state index contributed by atoms with van der Waals surface area (Å²) in [5, 5.41) is 13.6. The van der Waals surface area contributed by atoms with Gasteiger partial charge in [-0.1, -0.05) is 23.7 Å². The van der Waals surface area contributed by atoms with Crippen molar-refractivity contribution in [2.45, 2.75) is 6.92 Å². The first kappa shape index (κ1) is 16.7. The lowest BCUT2D eigenvalue weighted by Gasteiger charge is -2.08. The van der Waals surface area contributed by atoms with Crippen LogP contribution in [-0.2, 0) is 0 Å². The zero-order chi connectivity index (χ0) is 18.1. The molecule has 1 aromatic heterocycles. The number of amides is 1. The van der Waals surface area contributed by atoms with Gasteiger partial charge in [-0.2, -0.15) is 0 Å². The van der Waals surface area contributed by atoms with Crippen LogP contribution in [0.2, 0.25) is 5.02 Å². The lowest BCUT2D eigenvalue weighted by Crippen LogP contribution is -2.15. The van der Waals surface area contributed by atoms with Gasteiger partial charge in [-0.3, -0.25) is 19.7 Å². The van der Waals surface area contributed by atoms with Crippen LogP contribution in [0.1, 0.15) is 16.1 Å². The molecule has 0 spiro atoms. The number of anilines is 1. The molecular formula is C17H11ClN2O5. The minimum atomic E-state index is -0.682. The van der Waals surface area contributed by atoms with Gasteiger partial charge in [0.05, 0.1) is 21.0 Å². The van der Waals surface area contributed by atoms with Crippen molar-refractivity contribution in [1.82, 2.24) is 0 Å². The predicted molar refractivity (Wildman–Crippen MR) is 93.3 cm³/mol. The average molecular weight is 359 g/mol. The van der Waals surface area contributed by atoms with E-state index in [0.717, 1.165) is 17.7 Å². The number of carbonyl (C=O) groups excluding carboxylic acids is 1. The van der Waals surface area contributed by atoms with Crippen LogP contribution in [0, 0.1) is 17.0 Å². The molecule has 126 valence electrons. The molecule has 3 aromatic rings. The number of halogens is 1. The number of hydrogen-bond donors (Lipinski definition) is 1. The highest BCUT2D eigenvalue weighted by Crippen LogP contribution is 2.27. The SMILES string of the molecule is Cc1cccc2c(=O)cc(C(=O)Nc3ccc([N+](=O)[O-])cc3Cl)oc12. The molecular weight excluding hydrogens is 348 g/mol. The van der Waals surface area contributed by atoms with E-state index in [1.165, 1.54) is 12.1 Å². The number of para-hydroxylation sites is 1. The number of nitro benzene ring substituents is 1. The Labute approximate surface area is 146 Å². The second kappa shape index (κ2) is 6.37. The molecule has 0 aliphatic carbocycles. The van der Waals surface area contributed by atoms with Crippen molar-refractivity contribution in [3.8, 4) is 0 Å². The summed E-state index contributed by atoms with van der Waals surface area (Å²) in [6, 6.07) is 9.84. The Morgan fingerprint density at radius 3 is 2.68 bits per heavy atom. The molecule has 0 fully saturated rings. The number of nitro groups is 1. The third-order valence-electron chi connectivity index (χ3n) is 3.59. The molecule has 0 radical (unpaired) electrons. The molecule has 0 atom stereocenters. The maximum atomic E-state index is 12.4. The van der Waals surface area contributed by atoms with Gasteiger partial charge in [0.2, 0.25) is 0 Å². The van der Waals surface area contributed by atoms with Crippen LogP contribution >= 0.6 is 11.6 Å². The fourth-order valence-corrected chi connectivity index (χ4v) is 2.56. The van der Waals surface area contributed by atoms with Crippen LogP contribution in [0.15, 0.2) is 51.7 Å². The number of rotatable bonds is 3. The van der Waals surface area contributed by atoms with Crippen molar-refractivity contribution in [3.63, 3.8) is 0 Å². The maximum absolute atomic E-state index is 12.4. The average Bonchev–Trinajstić information content (AvgIpc) is 2.57. The van der Waals surface area contributed by atoms with E-state index in [2.05, 4.69) is 5.32 Å². The zero-order valence-corrected chi connectivity index (χ0v) is 13.7. The Morgan fingerprint density at radius 2 is 2.00 bits per heavy atom. The number of benzene rings is 2. The zero-order valence-electron chi connectivity index (χ0n) is 12.9. The second-order valence-electron chi connectivity index (χ2n) is 5.30. The van der Waals surface area contributed by atoms with Gasteiger partial charge < -0.3 is 9.73 Å². The first-order valence-electron chi connectivity index (χ1n) is 7.15. The Kier molecular flexibility index (Phi) is 4.24. The smallest absolute Gasteiger partial charge is 0.291 e. The molecule has 0 saturated carbocycles. The minimum absolute atomic E-state index is 0.00173. The largest absolute Gasteiger partial charge is 0.450 e. The normalized spacial score (nSPS) is 10.6. The standard InChI is InChI=1S/C17H11ClN2O5/c1-9-3-2-4-11-14(21)8-15(25-16(9)11)17(22)19-13-6-5-10(20(23)24)7-12(13)18/h2-8H,1H3,(H,19,22). The molecule has 7 nitrogen and oxygen atoms in total. The number of fused-ring (bicyclic) bond motifs is 1. The van der Waals surface area contributed by atoms with Crippen LogP contribution in [0.3, 0.4) is 0 Å². The molecule has 0 unspecified atom stereocenters. The molecule has 0 aliphatic rings. The Morgan fingerprint density at radius 1 is 1.24 bits per heavy atom. The molecule has 25 heavy (non-hydrogen) atoms. The molecule has 8 heteroatoms. The molecule has 0 bridgehead atoms. The Balaban J connectivity index is 1.97. The van der Waals surface area contributed by atoms with E-state index < -0.39 is 10.8 Å². The van der Waals surface area contributed by atoms with Gasteiger partial charge >= 0.3 is 0 Å². The highest BCUT2D eigenvalue weighted by Gasteiger charge is 2.16. The molecule has 1 heterocycles. The van der Waals surface area contributed by atoms with E-state index in [1.807, 2.05) is 0 Å². The fourth-order valence-electron chi connectivity index (χ4n) is 2.33. The van der Waals surface area contributed by atoms with E-state index in [-0.39, 0.29) is 27.6 Å². The van der Waals surface area contributed by atoms with Crippen LogP contribution < -0.4 is 10.7 Å². The third-order valence-corrected chi connectivity index (χ3v) is 3.90. The van der Waals surface area contributed by atoms with Crippen molar-refractivity contribution in [2.24, 2.45) is 0 Å². The van der Waals surface area contributed by atoms with Crippen LogP contribution in [0.25, 0.3) is 11.0 Å². The number of nitrogens with zero attached hydrogens (tertiary/aromatic N) is 1. The van der Waals surface area contributed by atoms with Crippen molar-refractivity contribution in [1.29, 1.82) is 0 Å². The monoisotopic (exact) mass is 358 g/mol. The molecule has 1 amide bonds. The van der Waals surface area contributed by atoms with Crippen LogP contribution in [0.5, 0.6) is 0 Å². The number of carbonyl (C=O) groups is 1. The van der Waals surface area contributed by atoms with Crippen molar-refractivity contribution in [3.05, 3.63) is 79.1 Å². The van der Waals surface area contributed by atoms with Gasteiger partial charge in [-0.15, -0.1) is 0 Å². The summed E-state index contributed by atoms with van der Waals surface area (Å²) < 4.78 is 5.55. The summed E-state index contributed by atoms with van der Waals surface area (Å²) >= 11 is 5.95. The van der Waals surface area contributed by atoms with Gasteiger partial charge in [0.15, 0.2) is 11.2 Å². The van der Waals surface area contributed by atoms with Crippen molar-refractivity contribution < 1.29 is 14.1 Å². The van der Waals surface area contributed by atoms with E-state index in [0.29, 0.717) is 11.0 Å². The first-order chi connectivity index (χ1) is 11.9. The van der Waals surface area contributed by atoms with Gasteiger partial charge in [0.25, 0.3) is 11.6 Å². The molecule has 2 aromatic carbocycles. The molecule has 0 aliphatic heterocycles. The van der Waals surface area contributed by atoms with E-state index in [1.54, 1.807) is 25.1 Å². The van der Waals surface area contributed by atoms with Crippen molar-refractivity contribution in [2.75, 3.05) is 5.32 Å². The second-order valence-corrected chi connectivity index (χ2v) is 5.71. The summed E-state index contributed by atoms with van der Waals surface area (Å²) in [6.45, 7) is 1.76. The number of nitrogens with one attached hydrogen (secondary N) is 1. The lowest BCUT2D eigenvalue weighted by molar-refractivity contribution is -0.384. The summed E-state index contributed by atoms with van der Waals surface area (Å²) in [5.41, 5.74) is 0.679. The fraction of sp³-hybridized carbons (Fsp3) is 0.0588. The van der Waals surface area contributed by atoms with Crippen molar-refractivity contribution >= 4 is 39.9 Å². The molecule has 3 rings (SSSR count). The quantitative estimate of drug-likeness (QED) is 0.564. The highest BCUT2D eigenvalue weighted by molar-refractivity contribution is 6.34. The number of aryl methyl sites for hydroxylation is 1. The topological polar surface area (TPSA) is 102 Å². The van der Waals surface area contributed by atoms with Gasteiger partial charge in [0.1, 0.15) is 5.58 Å². The summed E-state index contributed by atoms with van der Waals surface area (Å²) in [4.78, 5) is 34.6. The highest BCUT2D eigenvalue weighted by atomic mass is 35.5. The minimum Gasteiger partial charge on any atom is -0.450 e. The van der Waals surface area contributed by atoms with Crippen LogP contribution in [0.4, 0.5) is 11.4 Å². The number of non-ortho nitro benzene ring substituents is 1. The Hall–Kier alpha value is -3.19. The van der Waals surface area contributed by atoms with Gasteiger partial charge in [0, 0.05) is 18.2 Å². The van der Waals surface area contributed by atoms with Gasteiger partial charge in [-0.05, 0) is 24.6 Å². The summed E-state index contributed by atoms with van der Waals surface area (Å²) in [6.07, 6.45) is 0. The first-order valence-corrected chi connectivity index (χ1v) is 7.53. The predicted octanol–water partition coefficient (Wildman–Crippen LogP) is 3.92. The third kappa shape index (κ3) is 3.22. The lowest BCUT2D eigenvalue weighted by atomic mass is 10.1. The van der Waals surface area contributed by atoms with E-state index >= 15 is 0 Å². The van der Waals surface area contributed by atoms with E-state index in [9.17, 15) is 19.7 Å². The van der Waals surface area contributed by atoms with Crippen LogP contribution in [-0.4, -0.2) is 10.8 Å². The molecule has 1 N–H and O–H groups in total. The summed E-state index contributed by atoms with van der Waals surface area (Å²) in [7, 11) is 0. The Bertz CT molecular complexity index is 1070. The van der Waals surface area contributed by atoms with E-state index in [4.69, 9.17) is 16.0 Å².